The number of amides is 1. The van der Waals surface area contributed by atoms with Crippen molar-refractivity contribution in [2.24, 2.45) is 5.73 Å². The van der Waals surface area contributed by atoms with Gasteiger partial charge in [-0.1, -0.05) is 6.07 Å². The van der Waals surface area contributed by atoms with Gasteiger partial charge in [0.15, 0.2) is 0 Å². The number of nitrogens with two attached hydrogens (primary N) is 1. The van der Waals surface area contributed by atoms with Crippen molar-refractivity contribution in [1.29, 1.82) is 0 Å². The molecule has 1 atom stereocenters. The molecular weight excluding hydrogens is 412 g/mol. The van der Waals surface area contributed by atoms with E-state index in [2.05, 4.69) is 34.2 Å². The summed E-state index contributed by atoms with van der Waals surface area (Å²) < 4.78 is 32.3. The second-order valence-corrected chi connectivity index (χ2v) is 7.84. The van der Waals surface area contributed by atoms with Crippen molar-refractivity contribution in [3.8, 4) is 16.9 Å². The Morgan fingerprint density at radius 2 is 1.88 bits per heavy atom. The van der Waals surface area contributed by atoms with Crippen molar-refractivity contribution < 1.29 is 18.3 Å². The minimum absolute atomic E-state index is 0.259. The van der Waals surface area contributed by atoms with E-state index < -0.39 is 11.6 Å². The van der Waals surface area contributed by atoms with Gasteiger partial charge in [-0.2, -0.15) is 0 Å². The highest BCUT2D eigenvalue weighted by Gasteiger charge is 2.21. The first-order valence-electron chi connectivity index (χ1n) is 10.8. The zero-order valence-electron chi connectivity index (χ0n) is 18.2. The Bertz CT molecular complexity index is 998. The number of aryl methyl sites for hydroxylation is 1. The van der Waals surface area contributed by atoms with Gasteiger partial charge in [0.05, 0.1) is 6.61 Å². The third kappa shape index (κ3) is 6.92. The normalized spacial score (nSPS) is 14.7. The number of aromatic amines is 1. The second kappa shape index (κ2) is 11.4. The Kier molecular flexibility index (Phi) is 8.39. The lowest BCUT2D eigenvalue weighted by molar-refractivity contribution is -0.115. The number of nitrogens with one attached hydrogen (secondary N) is 2. The van der Waals surface area contributed by atoms with Crippen LogP contribution in [0.4, 0.5) is 8.78 Å². The van der Waals surface area contributed by atoms with Crippen LogP contribution in [0.25, 0.3) is 11.1 Å². The van der Waals surface area contributed by atoms with Crippen LogP contribution in [-0.4, -0.2) is 24.0 Å². The van der Waals surface area contributed by atoms with Crippen LogP contribution in [0.2, 0.25) is 0 Å². The molecule has 0 saturated heterocycles. The van der Waals surface area contributed by atoms with Gasteiger partial charge in [-0.15, -0.1) is 0 Å². The summed E-state index contributed by atoms with van der Waals surface area (Å²) in [5.41, 5.74) is 8.71. The number of ether oxygens (including phenoxy) is 1. The molecule has 32 heavy (non-hydrogen) atoms. The molecule has 0 aliphatic carbocycles. The summed E-state index contributed by atoms with van der Waals surface area (Å²) in [6.45, 7) is 2.87. The number of hydrogen-bond donors (Lipinski definition) is 3. The third-order valence-corrected chi connectivity index (χ3v) is 5.19. The summed E-state index contributed by atoms with van der Waals surface area (Å²) >= 11 is 0. The SMILES string of the molecule is CC(N)=O.Fc1cc(F)cc(CCCCNC2CCOc3ccc(-c4cc[nH]c4)cc32)c1. The van der Waals surface area contributed by atoms with Gasteiger partial charge in [-0.3, -0.25) is 4.79 Å². The second-order valence-electron chi connectivity index (χ2n) is 7.84. The summed E-state index contributed by atoms with van der Waals surface area (Å²) in [6.07, 6.45) is 7.35. The number of aromatic nitrogens is 1. The van der Waals surface area contributed by atoms with Crippen molar-refractivity contribution in [1.82, 2.24) is 10.3 Å². The molecule has 0 fully saturated rings. The Labute approximate surface area is 187 Å². The Balaban J connectivity index is 0.000000668. The Morgan fingerprint density at radius 1 is 1.12 bits per heavy atom. The Hall–Kier alpha value is -3.19. The van der Waals surface area contributed by atoms with Crippen molar-refractivity contribution in [2.75, 3.05) is 13.2 Å². The monoisotopic (exact) mass is 441 g/mol. The largest absolute Gasteiger partial charge is 0.493 e. The number of carbonyl (C=O) groups excluding carboxylic acids is 1. The molecule has 2 heterocycles. The zero-order chi connectivity index (χ0) is 22.9. The number of primary amides is 1. The maximum Gasteiger partial charge on any atom is 0.214 e. The van der Waals surface area contributed by atoms with E-state index in [1.807, 2.05) is 18.5 Å². The molecule has 1 aliphatic rings. The van der Waals surface area contributed by atoms with Crippen LogP contribution in [0.1, 0.15) is 43.4 Å². The molecule has 0 bridgehead atoms. The molecule has 0 radical (unpaired) electrons. The molecule has 4 N–H and O–H groups in total. The first kappa shape index (κ1) is 23.5. The van der Waals surface area contributed by atoms with E-state index >= 15 is 0 Å². The van der Waals surface area contributed by atoms with Gasteiger partial charge < -0.3 is 20.8 Å². The maximum absolute atomic E-state index is 13.3. The molecule has 170 valence electrons. The van der Waals surface area contributed by atoms with Crippen molar-refractivity contribution in [3.05, 3.63) is 77.6 Å². The van der Waals surface area contributed by atoms with Crippen LogP contribution in [0, 0.1) is 11.6 Å². The summed E-state index contributed by atoms with van der Waals surface area (Å²) in [5, 5.41) is 3.62. The molecule has 7 heteroatoms. The predicted molar refractivity (Wildman–Crippen MR) is 121 cm³/mol. The van der Waals surface area contributed by atoms with Crippen molar-refractivity contribution >= 4 is 5.91 Å². The summed E-state index contributed by atoms with van der Waals surface area (Å²) in [7, 11) is 0. The molecular formula is C25H29F2N3O2. The molecule has 1 aromatic heterocycles. The van der Waals surface area contributed by atoms with Crippen LogP contribution in [0.15, 0.2) is 54.9 Å². The van der Waals surface area contributed by atoms with E-state index in [4.69, 9.17) is 4.74 Å². The standard InChI is InChI=1S/C23H24F2N2O.C2H5NO/c24-19-11-16(12-20(25)14-19)3-1-2-8-27-22-7-10-28-23-5-4-17(13-21(22)23)18-6-9-26-15-18;1-2(3)4/h4-6,9,11-15,22,26-27H,1-3,7-8,10H2;1H3,(H2,3,4). The van der Waals surface area contributed by atoms with E-state index in [0.29, 0.717) is 18.6 Å². The maximum atomic E-state index is 13.3. The number of hydrogen-bond acceptors (Lipinski definition) is 3. The highest BCUT2D eigenvalue weighted by molar-refractivity contribution is 5.70. The number of rotatable bonds is 7. The highest BCUT2D eigenvalue weighted by atomic mass is 19.1. The quantitative estimate of drug-likeness (QED) is 0.457. The van der Waals surface area contributed by atoms with E-state index in [1.54, 1.807) is 0 Å². The lowest BCUT2D eigenvalue weighted by atomic mass is 9.96. The number of carbonyl (C=O) groups is 1. The van der Waals surface area contributed by atoms with Crippen LogP contribution in [0.5, 0.6) is 5.75 Å². The third-order valence-electron chi connectivity index (χ3n) is 5.19. The molecule has 4 rings (SSSR count). The molecule has 1 unspecified atom stereocenters. The van der Waals surface area contributed by atoms with Crippen LogP contribution >= 0.6 is 0 Å². The van der Waals surface area contributed by atoms with Gasteiger partial charge >= 0.3 is 0 Å². The van der Waals surface area contributed by atoms with E-state index in [1.165, 1.54) is 30.2 Å². The van der Waals surface area contributed by atoms with E-state index in [0.717, 1.165) is 43.2 Å². The van der Waals surface area contributed by atoms with Crippen LogP contribution < -0.4 is 15.8 Å². The molecule has 0 saturated carbocycles. The predicted octanol–water partition coefficient (Wildman–Crippen LogP) is 4.89. The van der Waals surface area contributed by atoms with E-state index in [-0.39, 0.29) is 11.9 Å². The fourth-order valence-electron chi connectivity index (χ4n) is 3.78. The molecule has 2 aromatic carbocycles. The first-order chi connectivity index (χ1) is 15.4. The van der Waals surface area contributed by atoms with Crippen molar-refractivity contribution in [2.45, 2.75) is 38.6 Å². The number of H-pyrrole nitrogens is 1. The summed E-state index contributed by atoms with van der Waals surface area (Å²) in [4.78, 5) is 12.3. The van der Waals surface area contributed by atoms with Gasteiger partial charge in [0.2, 0.25) is 5.91 Å². The molecule has 3 aromatic rings. The molecule has 1 aliphatic heterocycles. The molecule has 5 nitrogen and oxygen atoms in total. The fraction of sp³-hybridized carbons (Fsp3) is 0.320. The zero-order valence-corrected chi connectivity index (χ0v) is 18.2. The van der Waals surface area contributed by atoms with Gasteiger partial charge in [-0.05, 0) is 72.8 Å². The lowest BCUT2D eigenvalue weighted by Crippen LogP contribution is -2.28. The minimum Gasteiger partial charge on any atom is -0.493 e. The first-order valence-corrected chi connectivity index (χ1v) is 10.8. The van der Waals surface area contributed by atoms with Gasteiger partial charge in [0, 0.05) is 43.4 Å². The van der Waals surface area contributed by atoms with Crippen LogP contribution in [-0.2, 0) is 11.2 Å². The lowest BCUT2D eigenvalue weighted by Gasteiger charge is -2.27. The minimum atomic E-state index is -0.509. The van der Waals surface area contributed by atoms with E-state index in [9.17, 15) is 13.6 Å². The number of fused-ring (bicyclic) bond motifs is 1. The van der Waals surface area contributed by atoms with Crippen LogP contribution in [0.3, 0.4) is 0 Å². The van der Waals surface area contributed by atoms with Gasteiger partial charge in [0.1, 0.15) is 17.4 Å². The van der Waals surface area contributed by atoms with Gasteiger partial charge in [-0.25, -0.2) is 8.78 Å². The topological polar surface area (TPSA) is 80.1 Å². The molecule has 1 amide bonds. The van der Waals surface area contributed by atoms with Crippen molar-refractivity contribution in [3.63, 3.8) is 0 Å². The number of halogens is 2. The fourth-order valence-corrected chi connectivity index (χ4v) is 3.78. The van der Waals surface area contributed by atoms with Gasteiger partial charge in [0.25, 0.3) is 0 Å². The smallest absolute Gasteiger partial charge is 0.214 e. The number of benzene rings is 2. The Morgan fingerprint density at radius 3 is 2.56 bits per heavy atom. The highest BCUT2D eigenvalue weighted by Crippen LogP contribution is 2.35. The average Bonchev–Trinajstić information content (AvgIpc) is 3.27. The average molecular weight is 442 g/mol. The number of unbranched alkanes of at least 4 members (excludes halogenated alkanes) is 1. The summed E-state index contributed by atoms with van der Waals surface area (Å²) in [6, 6.07) is 12.4. The summed E-state index contributed by atoms with van der Waals surface area (Å²) in [5.74, 6) is -0.409. The molecule has 0 spiro atoms.